The normalized spacial score (nSPS) is 18.6. The molecule has 0 spiro atoms. The highest BCUT2D eigenvalue weighted by molar-refractivity contribution is 7.89. The summed E-state index contributed by atoms with van der Waals surface area (Å²) >= 11 is 6.01. The Morgan fingerprint density at radius 1 is 1.30 bits per heavy atom. The Kier molecular flexibility index (Phi) is 5.38. The highest BCUT2D eigenvalue weighted by Gasteiger charge is 2.35. The van der Waals surface area contributed by atoms with E-state index in [0.717, 1.165) is 18.3 Å². The minimum Gasteiger partial charge on any atom is -0.473 e. The van der Waals surface area contributed by atoms with Gasteiger partial charge in [-0.25, -0.2) is 13.4 Å². The number of pyridine rings is 1. The molecule has 0 amide bonds. The minimum atomic E-state index is -4.50. The summed E-state index contributed by atoms with van der Waals surface area (Å²) in [5.41, 5.74) is -0.424. The van der Waals surface area contributed by atoms with E-state index in [2.05, 4.69) is 4.98 Å². The fourth-order valence-electron chi connectivity index (χ4n) is 2.84. The molecule has 0 bridgehead atoms. The standard InChI is InChI=1S/C17H16ClF3N2O3S/c1-11-14(18)3-2-4-15(11)27(24,25)23-8-6-13(10-23)26-16-9-12(5-7-22-16)17(19,20)21/h2-5,7,9,13H,6,8,10H2,1H3. The largest absolute Gasteiger partial charge is 0.473 e. The number of aromatic nitrogens is 1. The predicted octanol–water partition coefficient (Wildman–Crippen LogP) is 3.90. The fourth-order valence-corrected chi connectivity index (χ4v) is 4.80. The molecule has 146 valence electrons. The Balaban J connectivity index is 1.75. The van der Waals surface area contributed by atoms with E-state index >= 15 is 0 Å². The van der Waals surface area contributed by atoms with Crippen molar-refractivity contribution in [2.24, 2.45) is 0 Å². The molecule has 0 saturated carbocycles. The lowest BCUT2D eigenvalue weighted by molar-refractivity contribution is -0.137. The molecule has 10 heteroatoms. The van der Waals surface area contributed by atoms with Crippen LogP contribution in [0.1, 0.15) is 17.5 Å². The first-order chi connectivity index (χ1) is 12.6. The number of ether oxygens (including phenoxy) is 1. The Labute approximate surface area is 159 Å². The second kappa shape index (κ2) is 7.29. The van der Waals surface area contributed by atoms with E-state index in [1.165, 1.54) is 10.4 Å². The van der Waals surface area contributed by atoms with Gasteiger partial charge in [0.15, 0.2) is 0 Å². The molecule has 1 saturated heterocycles. The smallest absolute Gasteiger partial charge is 0.416 e. The third-order valence-corrected chi connectivity index (χ3v) is 6.71. The molecule has 1 unspecified atom stereocenters. The van der Waals surface area contributed by atoms with Crippen LogP contribution in [-0.2, 0) is 16.2 Å². The summed E-state index contributed by atoms with van der Waals surface area (Å²) in [6.45, 7) is 1.83. The summed E-state index contributed by atoms with van der Waals surface area (Å²) in [6, 6.07) is 6.28. The lowest BCUT2D eigenvalue weighted by Crippen LogP contribution is -2.31. The van der Waals surface area contributed by atoms with Crippen LogP contribution in [0.15, 0.2) is 41.4 Å². The maximum absolute atomic E-state index is 12.8. The zero-order chi connectivity index (χ0) is 19.8. The highest BCUT2D eigenvalue weighted by Crippen LogP contribution is 2.32. The number of hydrogen-bond acceptors (Lipinski definition) is 4. The molecule has 1 fully saturated rings. The molecule has 1 aliphatic heterocycles. The summed E-state index contributed by atoms with van der Waals surface area (Å²) in [5.74, 6) is -0.187. The van der Waals surface area contributed by atoms with Crippen molar-refractivity contribution in [3.05, 3.63) is 52.7 Å². The Morgan fingerprint density at radius 3 is 2.74 bits per heavy atom. The average molecular weight is 421 g/mol. The zero-order valence-electron chi connectivity index (χ0n) is 14.2. The molecule has 2 aromatic rings. The van der Waals surface area contributed by atoms with E-state index < -0.39 is 27.9 Å². The second-order valence-corrected chi connectivity index (χ2v) is 8.45. The van der Waals surface area contributed by atoms with Crippen molar-refractivity contribution in [1.29, 1.82) is 0 Å². The number of benzene rings is 1. The molecular formula is C17H16ClF3N2O3S. The Hall–Kier alpha value is -1.84. The van der Waals surface area contributed by atoms with Crippen molar-refractivity contribution in [2.45, 2.75) is 30.5 Å². The monoisotopic (exact) mass is 420 g/mol. The summed E-state index contributed by atoms with van der Waals surface area (Å²) in [7, 11) is -3.78. The summed E-state index contributed by atoms with van der Waals surface area (Å²) in [6.07, 6.45) is -3.74. The number of sulfonamides is 1. The number of rotatable bonds is 4. The van der Waals surface area contributed by atoms with E-state index in [9.17, 15) is 21.6 Å². The van der Waals surface area contributed by atoms with Crippen LogP contribution in [0.2, 0.25) is 5.02 Å². The van der Waals surface area contributed by atoms with Crippen LogP contribution in [0.25, 0.3) is 0 Å². The molecule has 27 heavy (non-hydrogen) atoms. The predicted molar refractivity (Wildman–Crippen MR) is 93.2 cm³/mol. The van der Waals surface area contributed by atoms with Gasteiger partial charge in [0.05, 0.1) is 17.0 Å². The van der Waals surface area contributed by atoms with Gasteiger partial charge in [-0.1, -0.05) is 17.7 Å². The maximum Gasteiger partial charge on any atom is 0.416 e. The molecule has 1 aliphatic rings. The van der Waals surface area contributed by atoms with E-state index in [-0.39, 0.29) is 23.9 Å². The molecule has 0 aliphatic carbocycles. The zero-order valence-corrected chi connectivity index (χ0v) is 15.8. The first kappa shape index (κ1) is 19.9. The van der Waals surface area contributed by atoms with Gasteiger partial charge in [0.2, 0.25) is 15.9 Å². The molecule has 3 rings (SSSR count). The van der Waals surface area contributed by atoms with Gasteiger partial charge >= 0.3 is 6.18 Å². The lowest BCUT2D eigenvalue weighted by atomic mass is 10.2. The van der Waals surface area contributed by atoms with Crippen molar-refractivity contribution >= 4 is 21.6 Å². The van der Waals surface area contributed by atoms with E-state index in [0.29, 0.717) is 17.0 Å². The molecule has 0 radical (unpaired) electrons. The van der Waals surface area contributed by atoms with Gasteiger partial charge in [0.1, 0.15) is 6.10 Å². The van der Waals surface area contributed by atoms with Gasteiger partial charge < -0.3 is 4.74 Å². The minimum absolute atomic E-state index is 0.0201. The van der Waals surface area contributed by atoms with Crippen LogP contribution in [0, 0.1) is 6.92 Å². The second-order valence-electron chi connectivity index (χ2n) is 6.14. The van der Waals surface area contributed by atoms with E-state index in [1.807, 2.05) is 0 Å². The summed E-state index contributed by atoms with van der Waals surface area (Å²) < 4.78 is 70.7. The highest BCUT2D eigenvalue weighted by atomic mass is 35.5. The third kappa shape index (κ3) is 4.20. The van der Waals surface area contributed by atoms with Gasteiger partial charge in [0, 0.05) is 23.8 Å². The van der Waals surface area contributed by atoms with Gasteiger partial charge in [-0.2, -0.15) is 17.5 Å². The Morgan fingerprint density at radius 2 is 2.04 bits per heavy atom. The first-order valence-electron chi connectivity index (χ1n) is 8.04. The number of hydrogen-bond donors (Lipinski definition) is 0. The molecule has 0 N–H and O–H groups in total. The number of alkyl halides is 3. The third-order valence-electron chi connectivity index (χ3n) is 4.29. The summed E-state index contributed by atoms with van der Waals surface area (Å²) in [4.78, 5) is 3.88. The van der Waals surface area contributed by atoms with Crippen LogP contribution in [0.3, 0.4) is 0 Å². The number of nitrogens with zero attached hydrogens (tertiary/aromatic N) is 2. The average Bonchev–Trinajstić information content (AvgIpc) is 3.06. The topological polar surface area (TPSA) is 59.5 Å². The van der Waals surface area contributed by atoms with E-state index in [4.69, 9.17) is 16.3 Å². The molecule has 1 atom stereocenters. The van der Waals surface area contributed by atoms with Crippen LogP contribution >= 0.6 is 11.6 Å². The molecule has 1 aromatic heterocycles. The lowest BCUT2D eigenvalue weighted by Gasteiger charge is -2.19. The van der Waals surface area contributed by atoms with Crippen LogP contribution in [-0.4, -0.2) is 36.9 Å². The molecule has 5 nitrogen and oxygen atoms in total. The van der Waals surface area contributed by atoms with Gasteiger partial charge in [-0.05, 0) is 37.1 Å². The van der Waals surface area contributed by atoms with Gasteiger partial charge in [-0.15, -0.1) is 0 Å². The summed E-state index contributed by atoms with van der Waals surface area (Å²) in [5, 5.41) is 0.344. The maximum atomic E-state index is 12.8. The van der Waals surface area contributed by atoms with E-state index in [1.54, 1.807) is 19.1 Å². The van der Waals surface area contributed by atoms with Crippen molar-refractivity contribution in [3.8, 4) is 5.88 Å². The molecule has 2 heterocycles. The number of halogens is 4. The van der Waals surface area contributed by atoms with Gasteiger partial charge in [0.25, 0.3) is 0 Å². The molecule has 1 aromatic carbocycles. The van der Waals surface area contributed by atoms with Crippen molar-refractivity contribution in [3.63, 3.8) is 0 Å². The van der Waals surface area contributed by atoms with Gasteiger partial charge in [-0.3, -0.25) is 0 Å². The first-order valence-corrected chi connectivity index (χ1v) is 9.86. The van der Waals surface area contributed by atoms with Crippen LogP contribution in [0.5, 0.6) is 5.88 Å². The van der Waals surface area contributed by atoms with Crippen molar-refractivity contribution in [1.82, 2.24) is 9.29 Å². The Bertz CT molecular complexity index is 951. The fraction of sp³-hybridized carbons (Fsp3) is 0.353. The van der Waals surface area contributed by atoms with Crippen molar-refractivity contribution in [2.75, 3.05) is 13.1 Å². The quantitative estimate of drug-likeness (QED) is 0.752. The molecular weight excluding hydrogens is 405 g/mol. The van der Waals surface area contributed by atoms with Crippen LogP contribution < -0.4 is 4.74 Å². The SMILES string of the molecule is Cc1c(Cl)cccc1S(=O)(=O)N1CCC(Oc2cc(C(F)(F)F)ccn2)C1. The van der Waals surface area contributed by atoms with Crippen molar-refractivity contribution < 1.29 is 26.3 Å². The van der Waals surface area contributed by atoms with Crippen LogP contribution in [0.4, 0.5) is 13.2 Å².